The average Bonchev–Trinajstić information content (AvgIpc) is 3.03. The summed E-state index contributed by atoms with van der Waals surface area (Å²) >= 11 is 0. The second kappa shape index (κ2) is 4.83. The molecule has 1 aliphatic heterocycles. The van der Waals surface area contributed by atoms with Gasteiger partial charge in [-0.05, 0) is 39.0 Å². The minimum Gasteiger partial charge on any atom is -0.454 e. The third-order valence-electron chi connectivity index (χ3n) is 2.97. The van der Waals surface area contributed by atoms with Crippen LogP contribution in [0.1, 0.15) is 26.5 Å². The smallest absolute Gasteiger partial charge is 0.231 e. The van der Waals surface area contributed by atoms with Crippen molar-refractivity contribution < 1.29 is 13.9 Å². The predicted molar refractivity (Wildman–Crippen MR) is 74.7 cm³/mol. The van der Waals surface area contributed by atoms with Gasteiger partial charge >= 0.3 is 0 Å². The lowest BCUT2D eigenvalue weighted by atomic mass is 10.1. The van der Waals surface area contributed by atoms with Crippen molar-refractivity contribution in [3.63, 3.8) is 0 Å². The third kappa shape index (κ3) is 2.77. The Bertz CT molecular complexity index is 614. The van der Waals surface area contributed by atoms with Gasteiger partial charge in [-0.15, -0.1) is 0 Å². The van der Waals surface area contributed by atoms with Crippen LogP contribution in [0.2, 0.25) is 0 Å². The fourth-order valence-electron chi connectivity index (χ4n) is 1.91. The normalized spacial score (nSPS) is 13.8. The van der Waals surface area contributed by atoms with Gasteiger partial charge in [0.2, 0.25) is 12.7 Å². The Morgan fingerprint density at radius 2 is 2.00 bits per heavy atom. The molecule has 0 unspecified atom stereocenters. The molecule has 0 saturated carbocycles. The first-order valence-corrected chi connectivity index (χ1v) is 6.61. The molecule has 0 fully saturated rings. The van der Waals surface area contributed by atoms with E-state index < -0.39 is 0 Å². The fourth-order valence-corrected chi connectivity index (χ4v) is 1.91. The molecule has 1 aliphatic rings. The monoisotopic (exact) mass is 274 g/mol. The predicted octanol–water partition coefficient (Wildman–Crippen LogP) is 2.96. The van der Waals surface area contributed by atoms with E-state index in [0.29, 0.717) is 12.4 Å². The van der Waals surface area contributed by atoms with Crippen molar-refractivity contribution in [2.24, 2.45) is 0 Å². The summed E-state index contributed by atoms with van der Waals surface area (Å²) in [5, 5.41) is 3.38. The van der Waals surface area contributed by atoms with Crippen molar-refractivity contribution >= 4 is 0 Å². The Balaban J connectivity index is 1.76. The molecule has 1 N–H and O–H groups in total. The van der Waals surface area contributed by atoms with E-state index in [1.807, 2.05) is 18.2 Å². The molecule has 3 rings (SSSR count). The zero-order chi connectivity index (χ0) is 14.2. The molecule has 0 bridgehead atoms. The molecule has 1 aromatic carbocycles. The van der Waals surface area contributed by atoms with Gasteiger partial charge in [-0.25, -0.2) is 4.98 Å². The number of benzene rings is 1. The van der Waals surface area contributed by atoms with Crippen molar-refractivity contribution in [3.05, 3.63) is 30.2 Å². The molecule has 0 atom stereocenters. The number of nitrogens with one attached hydrogen (secondary N) is 1. The first kappa shape index (κ1) is 13.0. The lowest BCUT2D eigenvalue weighted by Gasteiger charge is -2.19. The average molecular weight is 274 g/mol. The van der Waals surface area contributed by atoms with Crippen molar-refractivity contribution in [2.75, 3.05) is 6.79 Å². The van der Waals surface area contributed by atoms with Gasteiger partial charge in [0, 0.05) is 17.6 Å². The molecular formula is C15H18N2O3. The molecule has 2 heterocycles. The van der Waals surface area contributed by atoms with Crippen molar-refractivity contribution in [3.8, 4) is 23.0 Å². The molecular weight excluding hydrogens is 256 g/mol. The third-order valence-corrected chi connectivity index (χ3v) is 2.97. The topological polar surface area (TPSA) is 56.5 Å². The van der Waals surface area contributed by atoms with E-state index in [1.54, 1.807) is 6.26 Å². The summed E-state index contributed by atoms with van der Waals surface area (Å²) in [6, 6.07) is 5.67. The van der Waals surface area contributed by atoms with Gasteiger partial charge < -0.3 is 19.2 Å². The van der Waals surface area contributed by atoms with E-state index >= 15 is 0 Å². The SMILES string of the molecule is CC(C)(C)NCc1coc(-c2ccc3c(c2)OCO3)n1. The Kier molecular flexibility index (Phi) is 3.14. The second-order valence-electron chi connectivity index (χ2n) is 5.82. The Morgan fingerprint density at radius 3 is 2.80 bits per heavy atom. The van der Waals surface area contributed by atoms with Crippen molar-refractivity contribution in [2.45, 2.75) is 32.9 Å². The van der Waals surface area contributed by atoms with Crippen molar-refractivity contribution in [1.29, 1.82) is 0 Å². The van der Waals surface area contributed by atoms with Gasteiger partial charge in [0.15, 0.2) is 11.5 Å². The molecule has 0 aliphatic carbocycles. The molecule has 5 nitrogen and oxygen atoms in total. The van der Waals surface area contributed by atoms with Crippen LogP contribution in [0.25, 0.3) is 11.5 Å². The summed E-state index contributed by atoms with van der Waals surface area (Å²) in [7, 11) is 0. The van der Waals surface area contributed by atoms with E-state index in [0.717, 1.165) is 22.8 Å². The number of hydrogen-bond acceptors (Lipinski definition) is 5. The molecule has 0 spiro atoms. The number of oxazole rings is 1. The highest BCUT2D eigenvalue weighted by Crippen LogP contribution is 2.35. The van der Waals surface area contributed by atoms with Gasteiger partial charge in [-0.1, -0.05) is 0 Å². The van der Waals surface area contributed by atoms with E-state index in [9.17, 15) is 0 Å². The molecule has 0 radical (unpaired) electrons. The lowest BCUT2D eigenvalue weighted by molar-refractivity contribution is 0.174. The number of nitrogens with zero attached hydrogens (tertiary/aromatic N) is 1. The van der Waals surface area contributed by atoms with Crippen LogP contribution in [-0.2, 0) is 6.54 Å². The standard InChI is InChI=1S/C15H18N2O3/c1-15(2,3)16-7-11-8-18-14(17-11)10-4-5-12-13(6-10)20-9-19-12/h4-6,8,16H,7,9H2,1-3H3. The molecule has 0 amide bonds. The number of rotatable bonds is 3. The number of aromatic nitrogens is 1. The van der Waals surface area contributed by atoms with E-state index in [-0.39, 0.29) is 12.3 Å². The maximum atomic E-state index is 5.53. The molecule has 5 heteroatoms. The van der Waals surface area contributed by atoms with Crippen LogP contribution in [0, 0.1) is 0 Å². The van der Waals surface area contributed by atoms with Crippen LogP contribution in [-0.4, -0.2) is 17.3 Å². The highest BCUT2D eigenvalue weighted by molar-refractivity contribution is 5.60. The quantitative estimate of drug-likeness (QED) is 0.932. The van der Waals surface area contributed by atoms with E-state index in [4.69, 9.17) is 13.9 Å². The molecule has 20 heavy (non-hydrogen) atoms. The Morgan fingerprint density at radius 1 is 1.20 bits per heavy atom. The van der Waals surface area contributed by atoms with Crippen LogP contribution >= 0.6 is 0 Å². The molecule has 106 valence electrons. The number of fused-ring (bicyclic) bond motifs is 1. The van der Waals surface area contributed by atoms with Crippen LogP contribution in [0.4, 0.5) is 0 Å². The van der Waals surface area contributed by atoms with Crippen LogP contribution in [0.15, 0.2) is 28.9 Å². The highest BCUT2D eigenvalue weighted by Gasteiger charge is 2.16. The molecule has 1 aromatic heterocycles. The van der Waals surface area contributed by atoms with Gasteiger partial charge in [0.1, 0.15) is 6.26 Å². The summed E-state index contributed by atoms with van der Waals surface area (Å²) in [5.41, 5.74) is 1.82. The summed E-state index contributed by atoms with van der Waals surface area (Å²) < 4.78 is 16.2. The first-order chi connectivity index (χ1) is 9.51. The largest absolute Gasteiger partial charge is 0.454 e. The number of hydrogen-bond donors (Lipinski definition) is 1. The van der Waals surface area contributed by atoms with Gasteiger partial charge in [0.05, 0.1) is 5.69 Å². The maximum Gasteiger partial charge on any atom is 0.231 e. The van der Waals surface area contributed by atoms with Crippen LogP contribution in [0.3, 0.4) is 0 Å². The minimum absolute atomic E-state index is 0.0534. The fraction of sp³-hybridized carbons (Fsp3) is 0.400. The lowest BCUT2D eigenvalue weighted by Crippen LogP contribution is -2.35. The summed E-state index contributed by atoms with van der Waals surface area (Å²) in [5.74, 6) is 2.08. The Hall–Kier alpha value is -2.01. The summed E-state index contributed by atoms with van der Waals surface area (Å²) in [6.45, 7) is 7.30. The molecule has 2 aromatic rings. The maximum absolute atomic E-state index is 5.53. The highest BCUT2D eigenvalue weighted by atomic mass is 16.7. The van der Waals surface area contributed by atoms with Gasteiger partial charge in [-0.2, -0.15) is 0 Å². The van der Waals surface area contributed by atoms with Crippen LogP contribution in [0.5, 0.6) is 11.5 Å². The summed E-state index contributed by atoms with van der Waals surface area (Å²) in [4.78, 5) is 4.48. The number of ether oxygens (including phenoxy) is 2. The van der Waals surface area contributed by atoms with Crippen molar-refractivity contribution in [1.82, 2.24) is 10.3 Å². The molecule has 0 saturated heterocycles. The first-order valence-electron chi connectivity index (χ1n) is 6.61. The van der Waals surface area contributed by atoms with Crippen LogP contribution < -0.4 is 14.8 Å². The van der Waals surface area contributed by atoms with Gasteiger partial charge in [-0.3, -0.25) is 0 Å². The van der Waals surface area contributed by atoms with Gasteiger partial charge in [0.25, 0.3) is 0 Å². The van der Waals surface area contributed by atoms with E-state index in [2.05, 4.69) is 31.1 Å². The van der Waals surface area contributed by atoms with E-state index in [1.165, 1.54) is 0 Å². The zero-order valence-electron chi connectivity index (χ0n) is 11.9. The second-order valence-corrected chi connectivity index (χ2v) is 5.82. The summed E-state index contributed by atoms with van der Waals surface area (Å²) in [6.07, 6.45) is 1.68. The minimum atomic E-state index is 0.0534. The zero-order valence-corrected chi connectivity index (χ0v) is 11.9. The Labute approximate surface area is 117 Å².